The predicted molar refractivity (Wildman–Crippen MR) is 113 cm³/mol. The number of rotatable bonds is 11. The second kappa shape index (κ2) is 10.9. The average Bonchev–Trinajstić information content (AvgIpc) is 3.07. The summed E-state index contributed by atoms with van der Waals surface area (Å²) in [5, 5.41) is 0. The first-order valence-corrected chi connectivity index (χ1v) is 18.3. The number of unbranched alkanes of at least 4 members (excludes halogenated alkanes) is 3. The summed E-state index contributed by atoms with van der Waals surface area (Å²) in [5.41, 5.74) is 1.50. The standard InChI is InChI=1S/C10H13N2.3C4H9.Sn/c1-12-7-3-5-10(12)9-4-2-6-11-8-9;3*1-3-4-2;/h4,6,8,10H,3,5,7H2,1H3;3*1,3-4H2,2H3;. The topological polar surface area (TPSA) is 16.1 Å². The molecule has 1 aromatic rings. The van der Waals surface area contributed by atoms with E-state index in [0.29, 0.717) is 6.04 Å². The van der Waals surface area contributed by atoms with Gasteiger partial charge in [-0.3, -0.25) is 0 Å². The number of aromatic nitrogens is 1. The number of hydrogen-bond donors (Lipinski definition) is 0. The number of likely N-dealkylation sites (tertiary alicyclic amines) is 1. The van der Waals surface area contributed by atoms with Gasteiger partial charge in [0.1, 0.15) is 0 Å². The van der Waals surface area contributed by atoms with E-state index in [4.69, 9.17) is 4.98 Å². The fraction of sp³-hybridized carbons (Fsp3) is 0.773. The van der Waals surface area contributed by atoms with E-state index >= 15 is 0 Å². The van der Waals surface area contributed by atoms with Crippen molar-refractivity contribution in [1.29, 1.82) is 0 Å². The van der Waals surface area contributed by atoms with Gasteiger partial charge in [-0.05, 0) is 0 Å². The van der Waals surface area contributed by atoms with Gasteiger partial charge in [0.05, 0.1) is 0 Å². The molecule has 0 aromatic carbocycles. The van der Waals surface area contributed by atoms with Crippen molar-refractivity contribution in [3.8, 4) is 0 Å². The van der Waals surface area contributed by atoms with Crippen molar-refractivity contribution in [1.82, 2.24) is 9.88 Å². The van der Waals surface area contributed by atoms with E-state index in [1.807, 2.05) is 0 Å². The molecular formula is C22H40N2Sn. The maximum absolute atomic E-state index is 4.78. The third-order valence-electron chi connectivity index (χ3n) is 6.30. The van der Waals surface area contributed by atoms with Gasteiger partial charge in [0.15, 0.2) is 0 Å². The van der Waals surface area contributed by atoms with Crippen LogP contribution in [0.3, 0.4) is 0 Å². The van der Waals surface area contributed by atoms with E-state index in [9.17, 15) is 0 Å². The van der Waals surface area contributed by atoms with Crippen molar-refractivity contribution < 1.29 is 0 Å². The fourth-order valence-electron chi connectivity index (χ4n) is 4.61. The Kier molecular flexibility index (Phi) is 9.26. The Morgan fingerprint density at radius 1 is 1.00 bits per heavy atom. The van der Waals surface area contributed by atoms with Gasteiger partial charge in [-0.15, -0.1) is 0 Å². The van der Waals surface area contributed by atoms with Crippen molar-refractivity contribution in [3.63, 3.8) is 0 Å². The monoisotopic (exact) mass is 452 g/mol. The van der Waals surface area contributed by atoms with Gasteiger partial charge in [-0.25, -0.2) is 0 Å². The summed E-state index contributed by atoms with van der Waals surface area (Å²) in [4.78, 5) is 7.31. The molecule has 142 valence electrons. The van der Waals surface area contributed by atoms with Crippen LogP contribution in [0.15, 0.2) is 18.5 Å². The minimum atomic E-state index is -2.33. The van der Waals surface area contributed by atoms with E-state index in [1.165, 1.54) is 76.8 Å². The van der Waals surface area contributed by atoms with E-state index in [-0.39, 0.29) is 0 Å². The first kappa shape index (κ1) is 21.2. The molecule has 1 atom stereocenters. The van der Waals surface area contributed by atoms with E-state index < -0.39 is 18.4 Å². The zero-order valence-electron chi connectivity index (χ0n) is 17.2. The SMILES string of the molecule is CCC[CH2][Sn]([CH2]CCC)([CH2]CCC)[c]1cncc(C2CCCN2C)c1. The maximum atomic E-state index is 4.78. The van der Waals surface area contributed by atoms with Crippen LogP contribution >= 0.6 is 0 Å². The molecule has 0 aliphatic carbocycles. The zero-order valence-corrected chi connectivity index (χ0v) is 20.0. The van der Waals surface area contributed by atoms with Crippen LogP contribution < -0.4 is 3.58 Å². The molecule has 0 amide bonds. The fourth-order valence-corrected chi connectivity index (χ4v) is 20.4. The van der Waals surface area contributed by atoms with Crippen LogP contribution in [0.25, 0.3) is 0 Å². The van der Waals surface area contributed by atoms with Gasteiger partial charge in [-0.1, -0.05) is 0 Å². The van der Waals surface area contributed by atoms with Crippen molar-refractivity contribution in [2.24, 2.45) is 0 Å². The number of pyridine rings is 1. The van der Waals surface area contributed by atoms with Crippen molar-refractivity contribution in [2.75, 3.05) is 13.6 Å². The summed E-state index contributed by atoms with van der Waals surface area (Å²) in [7, 11) is 2.28. The van der Waals surface area contributed by atoms with E-state index in [0.717, 1.165) is 0 Å². The van der Waals surface area contributed by atoms with Crippen LogP contribution in [0.2, 0.25) is 13.3 Å². The molecule has 0 spiro atoms. The first-order valence-electron chi connectivity index (χ1n) is 10.8. The molecule has 1 aromatic heterocycles. The summed E-state index contributed by atoms with van der Waals surface area (Å²) in [6.45, 7) is 8.32. The van der Waals surface area contributed by atoms with Gasteiger partial charge in [0.25, 0.3) is 0 Å². The normalized spacial score (nSPS) is 18.8. The number of nitrogens with zero attached hydrogens (tertiary/aromatic N) is 2. The van der Waals surface area contributed by atoms with Gasteiger partial charge >= 0.3 is 161 Å². The van der Waals surface area contributed by atoms with Gasteiger partial charge in [0, 0.05) is 0 Å². The van der Waals surface area contributed by atoms with Crippen molar-refractivity contribution in [3.05, 3.63) is 24.0 Å². The summed E-state index contributed by atoms with van der Waals surface area (Å²) in [6.07, 6.45) is 15.4. The molecule has 0 N–H and O–H groups in total. The van der Waals surface area contributed by atoms with Crippen LogP contribution in [-0.2, 0) is 0 Å². The first-order chi connectivity index (χ1) is 12.2. The predicted octanol–water partition coefficient (Wildman–Crippen LogP) is 5.90. The van der Waals surface area contributed by atoms with Gasteiger partial charge < -0.3 is 0 Å². The van der Waals surface area contributed by atoms with Crippen molar-refractivity contribution in [2.45, 2.75) is 91.5 Å². The summed E-state index contributed by atoms with van der Waals surface area (Å²) < 4.78 is 6.35. The molecule has 0 radical (unpaired) electrons. The molecule has 1 fully saturated rings. The summed E-state index contributed by atoms with van der Waals surface area (Å²) >= 11 is -2.33. The van der Waals surface area contributed by atoms with E-state index in [1.54, 1.807) is 3.58 Å². The van der Waals surface area contributed by atoms with Gasteiger partial charge in [0.2, 0.25) is 0 Å². The molecular weight excluding hydrogens is 411 g/mol. The second-order valence-corrected chi connectivity index (χ2v) is 21.5. The van der Waals surface area contributed by atoms with Gasteiger partial charge in [-0.2, -0.15) is 0 Å². The number of hydrogen-bond acceptors (Lipinski definition) is 2. The third kappa shape index (κ3) is 5.69. The molecule has 0 bridgehead atoms. The molecule has 2 nitrogen and oxygen atoms in total. The minimum absolute atomic E-state index is 0.611. The summed E-state index contributed by atoms with van der Waals surface area (Å²) in [6, 6.07) is 3.23. The Morgan fingerprint density at radius 3 is 2.08 bits per heavy atom. The Morgan fingerprint density at radius 2 is 1.60 bits per heavy atom. The molecule has 1 saturated heterocycles. The van der Waals surface area contributed by atoms with Crippen LogP contribution in [0.4, 0.5) is 0 Å². The molecule has 1 aliphatic heterocycles. The molecule has 2 rings (SSSR count). The molecule has 1 unspecified atom stereocenters. The van der Waals surface area contributed by atoms with Crippen LogP contribution in [-0.4, -0.2) is 41.9 Å². The second-order valence-electron chi connectivity index (χ2n) is 8.24. The van der Waals surface area contributed by atoms with E-state index in [2.05, 4.69) is 51.2 Å². The van der Waals surface area contributed by atoms with Crippen molar-refractivity contribution >= 4 is 22.0 Å². The Balaban J connectivity index is 2.33. The summed E-state index contributed by atoms with van der Waals surface area (Å²) in [5.74, 6) is 0. The molecule has 3 heteroatoms. The molecule has 25 heavy (non-hydrogen) atoms. The molecule has 1 aliphatic rings. The molecule has 0 saturated carbocycles. The van der Waals surface area contributed by atoms with Crippen LogP contribution in [0.5, 0.6) is 0 Å². The Bertz CT molecular complexity index is 481. The molecule has 2 heterocycles. The third-order valence-corrected chi connectivity index (χ3v) is 21.8. The Hall–Kier alpha value is -0.0913. The quantitative estimate of drug-likeness (QED) is 0.390. The average molecular weight is 451 g/mol. The zero-order chi connectivity index (χ0) is 18.1. The van der Waals surface area contributed by atoms with Crippen LogP contribution in [0, 0.1) is 0 Å². The Labute approximate surface area is 160 Å². The van der Waals surface area contributed by atoms with Crippen LogP contribution in [0.1, 0.15) is 83.7 Å².